The summed E-state index contributed by atoms with van der Waals surface area (Å²) in [6.07, 6.45) is 8.52. The number of aromatic nitrogens is 1. The molecule has 0 radical (unpaired) electrons. The molecule has 0 spiro atoms. The number of benzene rings is 5. The Morgan fingerprint density at radius 3 is 1.91 bits per heavy atom. The van der Waals surface area contributed by atoms with Crippen LogP contribution in [0.5, 0.6) is 0 Å². The average molecular weight is 605 g/mol. The maximum Gasteiger partial charge on any atom is 0.158 e. The van der Waals surface area contributed by atoms with Gasteiger partial charge in [-0.05, 0) is 92.6 Å². The van der Waals surface area contributed by atoms with Gasteiger partial charge in [0.25, 0.3) is 0 Å². The summed E-state index contributed by atoms with van der Waals surface area (Å²) in [5, 5.41) is 6.10. The second-order valence-corrected chi connectivity index (χ2v) is 12.1. The molecule has 1 N–H and O–H groups in total. The number of nitrogens with one attached hydrogen (secondary N) is 1. The van der Waals surface area contributed by atoms with E-state index in [9.17, 15) is 0 Å². The number of anilines is 4. The van der Waals surface area contributed by atoms with Crippen molar-refractivity contribution in [2.75, 3.05) is 9.80 Å². The zero-order valence-corrected chi connectivity index (χ0v) is 26.1. The van der Waals surface area contributed by atoms with Crippen LogP contribution >= 0.6 is 11.8 Å². The van der Waals surface area contributed by atoms with Crippen LogP contribution in [-0.2, 0) is 6.42 Å². The fraction of sp³-hybridized carbons (Fsp3) is 0.100. The van der Waals surface area contributed by atoms with Gasteiger partial charge in [-0.3, -0.25) is 0 Å². The Bertz CT molecular complexity index is 1880. The van der Waals surface area contributed by atoms with Gasteiger partial charge in [-0.25, -0.2) is 0 Å². The van der Waals surface area contributed by atoms with Gasteiger partial charge in [0.2, 0.25) is 0 Å². The summed E-state index contributed by atoms with van der Waals surface area (Å²) in [7, 11) is 0. The number of thioether (sulfide) groups is 1. The molecule has 2 heterocycles. The van der Waals surface area contributed by atoms with E-state index in [1.165, 1.54) is 22.3 Å². The van der Waals surface area contributed by atoms with Crippen molar-refractivity contribution in [3.63, 3.8) is 0 Å². The van der Waals surface area contributed by atoms with E-state index >= 15 is 0 Å². The molecule has 1 unspecified atom stereocenters. The molecular weight excluding hydrogens is 569 g/mol. The molecule has 4 nitrogen and oxygen atoms in total. The molecule has 0 bridgehead atoms. The van der Waals surface area contributed by atoms with E-state index < -0.39 is 0 Å². The molecule has 0 aliphatic carbocycles. The maximum atomic E-state index is 3.72. The third-order valence-electron chi connectivity index (χ3n) is 8.06. The quantitative estimate of drug-likeness (QED) is 0.157. The smallest absolute Gasteiger partial charge is 0.158 e. The van der Waals surface area contributed by atoms with Crippen LogP contribution in [0.4, 0.5) is 22.7 Å². The lowest BCUT2D eigenvalue weighted by atomic mass is 10.2. The Morgan fingerprint density at radius 1 is 0.689 bits per heavy atom. The second-order valence-electron chi connectivity index (χ2n) is 11.0. The first kappa shape index (κ1) is 28.6. The third-order valence-corrected chi connectivity index (χ3v) is 9.17. The molecule has 1 aliphatic heterocycles. The number of hydrogen-bond donors (Lipinski definition) is 1. The van der Waals surface area contributed by atoms with Crippen LogP contribution in [0.1, 0.15) is 19.0 Å². The molecule has 45 heavy (non-hydrogen) atoms. The van der Waals surface area contributed by atoms with Crippen LogP contribution < -0.4 is 15.1 Å². The topological polar surface area (TPSA) is 23.4 Å². The molecule has 0 fully saturated rings. The van der Waals surface area contributed by atoms with Gasteiger partial charge in [-0.1, -0.05) is 96.7 Å². The summed E-state index contributed by atoms with van der Waals surface area (Å²) in [5.41, 5.74) is 8.23. The summed E-state index contributed by atoms with van der Waals surface area (Å²) in [5.74, 6) is 0. The first-order valence-electron chi connectivity index (χ1n) is 15.5. The molecule has 222 valence electrons. The van der Waals surface area contributed by atoms with Crippen LogP contribution in [0.2, 0.25) is 0 Å². The van der Waals surface area contributed by atoms with Crippen molar-refractivity contribution in [1.82, 2.24) is 9.88 Å². The van der Waals surface area contributed by atoms with Crippen molar-refractivity contribution in [3.05, 3.63) is 175 Å². The lowest BCUT2D eigenvalue weighted by Gasteiger charge is -2.32. The van der Waals surface area contributed by atoms with Gasteiger partial charge >= 0.3 is 0 Å². The Labute approximate surface area is 269 Å². The lowest BCUT2D eigenvalue weighted by molar-refractivity contribution is 0.799. The van der Waals surface area contributed by atoms with Gasteiger partial charge in [-0.15, -0.1) is 0 Å². The van der Waals surface area contributed by atoms with Gasteiger partial charge in [0.1, 0.15) is 0 Å². The SMILES string of the molecule is C/C=C\CCc1cc2cc(N(c3ccccc3)C3NC=C(N(c4ccccc4)c4ccccc4)S3)ccc2n1-c1ccccc1. The number of nitrogens with zero attached hydrogens (tertiary/aromatic N) is 3. The Hall–Kier alpha value is -5.13. The molecule has 0 saturated carbocycles. The Kier molecular flexibility index (Phi) is 8.43. The lowest BCUT2D eigenvalue weighted by Crippen LogP contribution is -2.35. The molecule has 0 saturated heterocycles. The minimum Gasteiger partial charge on any atom is -0.360 e. The van der Waals surface area contributed by atoms with Gasteiger partial charge in [0.15, 0.2) is 5.50 Å². The van der Waals surface area contributed by atoms with Gasteiger partial charge in [0, 0.05) is 45.7 Å². The van der Waals surface area contributed by atoms with E-state index in [0.29, 0.717) is 0 Å². The number of hydrogen-bond acceptors (Lipinski definition) is 4. The molecular formula is C40H36N4S. The molecule has 0 amide bonds. The largest absolute Gasteiger partial charge is 0.360 e. The number of fused-ring (bicyclic) bond motifs is 1. The minimum absolute atomic E-state index is 0.0415. The predicted molar refractivity (Wildman–Crippen MR) is 193 cm³/mol. The summed E-state index contributed by atoms with van der Waals surface area (Å²) in [4.78, 5) is 4.72. The molecule has 1 atom stereocenters. The minimum atomic E-state index is -0.0415. The van der Waals surface area contributed by atoms with Crippen LogP contribution in [-0.4, -0.2) is 10.1 Å². The number of para-hydroxylation sites is 4. The maximum absolute atomic E-state index is 3.72. The Balaban J connectivity index is 1.27. The molecule has 7 rings (SSSR count). The molecule has 1 aliphatic rings. The fourth-order valence-corrected chi connectivity index (χ4v) is 7.18. The Morgan fingerprint density at radius 2 is 1.29 bits per heavy atom. The highest BCUT2D eigenvalue weighted by Crippen LogP contribution is 2.43. The second kappa shape index (κ2) is 13.2. The van der Waals surface area contributed by atoms with Crippen molar-refractivity contribution in [2.24, 2.45) is 0 Å². The van der Waals surface area contributed by atoms with Crippen molar-refractivity contribution in [2.45, 2.75) is 25.3 Å². The average Bonchev–Trinajstić information content (AvgIpc) is 3.72. The van der Waals surface area contributed by atoms with Crippen molar-refractivity contribution in [3.8, 4) is 5.69 Å². The van der Waals surface area contributed by atoms with Gasteiger partial charge in [0.05, 0.1) is 10.5 Å². The first-order valence-corrected chi connectivity index (χ1v) is 16.4. The van der Waals surface area contributed by atoms with Gasteiger partial charge < -0.3 is 19.7 Å². The fourth-order valence-electron chi connectivity index (χ4n) is 6.01. The summed E-state index contributed by atoms with van der Waals surface area (Å²) in [6, 6.07) is 51.8. The zero-order chi connectivity index (χ0) is 30.4. The van der Waals surface area contributed by atoms with Crippen LogP contribution in [0.25, 0.3) is 16.6 Å². The molecule has 6 aromatic rings. The van der Waals surface area contributed by atoms with E-state index in [1.807, 2.05) is 11.8 Å². The number of aryl methyl sites for hydroxylation is 1. The highest BCUT2D eigenvalue weighted by atomic mass is 32.2. The van der Waals surface area contributed by atoms with Crippen LogP contribution in [0, 0.1) is 0 Å². The monoisotopic (exact) mass is 604 g/mol. The number of rotatable bonds is 10. The molecule has 5 aromatic carbocycles. The summed E-state index contributed by atoms with van der Waals surface area (Å²) < 4.78 is 2.41. The first-order chi connectivity index (χ1) is 22.3. The highest BCUT2D eigenvalue weighted by molar-refractivity contribution is 8.04. The van der Waals surface area contributed by atoms with Crippen LogP contribution in [0.3, 0.4) is 0 Å². The predicted octanol–water partition coefficient (Wildman–Crippen LogP) is 10.5. The van der Waals surface area contributed by atoms with E-state index in [-0.39, 0.29) is 5.50 Å². The van der Waals surface area contributed by atoms with Crippen molar-refractivity contribution in [1.29, 1.82) is 0 Å². The normalized spacial score (nSPS) is 14.4. The summed E-state index contributed by atoms with van der Waals surface area (Å²) >= 11 is 1.82. The van der Waals surface area contributed by atoms with Crippen molar-refractivity contribution < 1.29 is 0 Å². The van der Waals surface area contributed by atoms with E-state index in [4.69, 9.17) is 0 Å². The zero-order valence-electron chi connectivity index (χ0n) is 25.3. The number of allylic oxidation sites excluding steroid dienone is 2. The van der Waals surface area contributed by atoms with E-state index in [2.05, 4.69) is 191 Å². The standard InChI is InChI=1S/C40H36N4S/c1-2-3-8-25-36-28-31-29-37(26-27-38(31)42(36)32-17-9-4-10-18-32)44(35-23-15-7-16-24-35)40-41-30-39(45-40)43(33-19-11-5-12-20-33)34-21-13-6-14-22-34/h2-7,9-24,26-30,40-41H,8,25H2,1H3/b3-2-. The van der Waals surface area contributed by atoms with Crippen LogP contribution in [0.15, 0.2) is 169 Å². The molecule has 1 aromatic heterocycles. The summed E-state index contributed by atoms with van der Waals surface area (Å²) in [6.45, 7) is 2.09. The highest BCUT2D eigenvalue weighted by Gasteiger charge is 2.30. The van der Waals surface area contributed by atoms with E-state index in [0.717, 1.165) is 40.6 Å². The molecule has 5 heteroatoms. The van der Waals surface area contributed by atoms with Gasteiger partial charge in [-0.2, -0.15) is 0 Å². The third kappa shape index (κ3) is 6.00. The van der Waals surface area contributed by atoms with Crippen molar-refractivity contribution >= 4 is 45.4 Å². The van der Waals surface area contributed by atoms with E-state index in [1.54, 1.807) is 0 Å².